The van der Waals surface area contributed by atoms with E-state index in [1.807, 2.05) is 0 Å². The average molecular weight is 206 g/mol. The molecule has 0 amide bonds. The van der Waals surface area contributed by atoms with Crippen molar-refractivity contribution >= 4 is 0 Å². The predicted molar refractivity (Wildman–Crippen MR) is 59.6 cm³/mol. The molecule has 0 unspecified atom stereocenters. The Morgan fingerprint density at radius 2 is 2.00 bits per heavy atom. The van der Waals surface area contributed by atoms with Gasteiger partial charge in [0.15, 0.2) is 0 Å². The molecule has 2 rings (SSSR count). The predicted octanol–water partition coefficient (Wildman–Crippen LogP) is 0.444. The third-order valence-electron chi connectivity index (χ3n) is 2.74. The van der Waals surface area contributed by atoms with Crippen molar-refractivity contribution in [1.82, 2.24) is 20.2 Å². The Hall–Kier alpha value is -1.00. The Labute approximate surface area is 90.7 Å². The molecular weight excluding hydrogens is 188 g/mol. The average Bonchev–Trinajstić information content (AvgIpc) is 2.31. The highest BCUT2D eigenvalue weighted by atomic mass is 15.2. The molecule has 1 N–H and O–H groups in total. The fourth-order valence-corrected chi connectivity index (χ4v) is 1.82. The van der Waals surface area contributed by atoms with Crippen molar-refractivity contribution in [2.45, 2.75) is 19.9 Å². The van der Waals surface area contributed by atoms with Crippen LogP contribution in [0.4, 0.5) is 0 Å². The van der Waals surface area contributed by atoms with Crippen LogP contribution in [0.1, 0.15) is 18.3 Å². The molecule has 1 fully saturated rings. The Bertz CT molecular complexity index is 307. The van der Waals surface area contributed by atoms with Gasteiger partial charge >= 0.3 is 0 Å². The lowest BCUT2D eigenvalue weighted by Gasteiger charge is -2.26. The number of hydrogen-bond acceptors (Lipinski definition) is 4. The fourth-order valence-electron chi connectivity index (χ4n) is 1.82. The maximum Gasteiger partial charge on any atom is 0.115 e. The van der Waals surface area contributed by atoms with Crippen LogP contribution in [0, 0.1) is 0 Å². The molecule has 0 bridgehead atoms. The van der Waals surface area contributed by atoms with Gasteiger partial charge in [0.25, 0.3) is 0 Å². The first kappa shape index (κ1) is 10.5. The molecule has 4 heteroatoms. The molecule has 0 radical (unpaired) electrons. The molecule has 0 aliphatic carbocycles. The second-order valence-electron chi connectivity index (χ2n) is 3.88. The highest BCUT2D eigenvalue weighted by Crippen LogP contribution is 2.04. The maximum absolute atomic E-state index is 4.31. The van der Waals surface area contributed by atoms with E-state index in [0.717, 1.165) is 50.5 Å². The van der Waals surface area contributed by atoms with Crippen LogP contribution in [0.3, 0.4) is 0 Å². The minimum atomic E-state index is 0.956. The van der Waals surface area contributed by atoms with E-state index in [2.05, 4.69) is 33.2 Å². The van der Waals surface area contributed by atoms with Crippen molar-refractivity contribution in [3.8, 4) is 0 Å². The summed E-state index contributed by atoms with van der Waals surface area (Å²) >= 11 is 0. The summed E-state index contributed by atoms with van der Waals surface area (Å²) in [6.07, 6.45) is 2.66. The van der Waals surface area contributed by atoms with Crippen LogP contribution in [0.25, 0.3) is 0 Å². The molecule has 1 aliphatic heterocycles. The molecule has 1 aromatic rings. The lowest BCUT2D eigenvalue weighted by atomic mass is 10.2. The standard InChI is InChI=1S/C11H18N4/c1-2-10-7-11(14-9-13-10)8-15-5-3-12-4-6-15/h7,9,12H,2-6,8H2,1H3. The van der Waals surface area contributed by atoms with Crippen molar-refractivity contribution in [2.24, 2.45) is 0 Å². The minimum absolute atomic E-state index is 0.956. The van der Waals surface area contributed by atoms with Crippen LogP contribution in [0.5, 0.6) is 0 Å². The third-order valence-corrected chi connectivity index (χ3v) is 2.74. The summed E-state index contributed by atoms with van der Waals surface area (Å²) in [5, 5.41) is 3.35. The monoisotopic (exact) mass is 206 g/mol. The molecule has 0 aromatic carbocycles. The van der Waals surface area contributed by atoms with Gasteiger partial charge in [-0.3, -0.25) is 4.90 Å². The Kier molecular flexibility index (Phi) is 3.64. The van der Waals surface area contributed by atoms with Gasteiger partial charge in [0.05, 0.1) is 5.69 Å². The first-order valence-electron chi connectivity index (χ1n) is 5.61. The van der Waals surface area contributed by atoms with Crippen molar-refractivity contribution < 1.29 is 0 Å². The van der Waals surface area contributed by atoms with E-state index < -0.39 is 0 Å². The first-order chi connectivity index (χ1) is 7.38. The topological polar surface area (TPSA) is 41.0 Å². The van der Waals surface area contributed by atoms with Gasteiger partial charge in [0, 0.05) is 38.4 Å². The van der Waals surface area contributed by atoms with Crippen molar-refractivity contribution in [3.05, 3.63) is 23.8 Å². The zero-order valence-electron chi connectivity index (χ0n) is 9.24. The number of piperazine rings is 1. The van der Waals surface area contributed by atoms with Gasteiger partial charge in [0.1, 0.15) is 6.33 Å². The highest BCUT2D eigenvalue weighted by molar-refractivity contribution is 5.08. The summed E-state index contributed by atoms with van der Waals surface area (Å²) in [4.78, 5) is 10.9. The smallest absolute Gasteiger partial charge is 0.115 e. The van der Waals surface area contributed by atoms with E-state index >= 15 is 0 Å². The largest absolute Gasteiger partial charge is 0.314 e. The first-order valence-corrected chi connectivity index (χ1v) is 5.61. The molecule has 82 valence electrons. The molecule has 15 heavy (non-hydrogen) atoms. The molecule has 0 atom stereocenters. The van der Waals surface area contributed by atoms with Gasteiger partial charge in [-0.25, -0.2) is 9.97 Å². The van der Waals surface area contributed by atoms with Crippen LogP contribution >= 0.6 is 0 Å². The Morgan fingerprint density at radius 1 is 1.27 bits per heavy atom. The van der Waals surface area contributed by atoms with Gasteiger partial charge in [-0.15, -0.1) is 0 Å². The SMILES string of the molecule is CCc1cc(CN2CCNCC2)ncn1. The second-order valence-corrected chi connectivity index (χ2v) is 3.88. The van der Waals surface area contributed by atoms with Crippen LogP contribution in [0.15, 0.2) is 12.4 Å². The van der Waals surface area contributed by atoms with Gasteiger partial charge in [0.2, 0.25) is 0 Å². The van der Waals surface area contributed by atoms with E-state index in [9.17, 15) is 0 Å². The van der Waals surface area contributed by atoms with Gasteiger partial charge in [-0.1, -0.05) is 6.92 Å². The quantitative estimate of drug-likeness (QED) is 0.779. The van der Waals surface area contributed by atoms with Crippen LogP contribution in [0.2, 0.25) is 0 Å². The summed E-state index contributed by atoms with van der Waals surface area (Å²) in [7, 11) is 0. The molecule has 1 saturated heterocycles. The lowest BCUT2D eigenvalue weighted by Crippen LogP contribution is -2.43. The summed E-state index contributed by atoms with van der Waals surface area (Å²) < 4.78 is 0. The number of aryl methyl sites for hydroxylation is 1. The minimum Gasteiger partial charge on any atom is -0.314 e. The summed E-state index contributed by atoms with van der Waals surface area (Å²) in [5.41, 5.74) is 2.28. The summed E-state index contributed by atoms with van der Waals surface area (Å²) in [5.74, 6) is 0. The van der Waals surface area contributed by atoms with Gasteiger partial charge in [-0.2, -0.15) is 0 Å². The summed E-state index contributed by atoms with van der Waals surface area (Å²) in [6.45, 7) is 7.49. The Balaban J connectivity index is 1.96. The van der Waals surface area contributed by atoms with Gasteiger partial charge in [-0.05, 0) is 12.5 Å². The molecular formula is C11H18N4. The van der Waals surface area contributed by atoms with Crippen LogP contribution in [-0.2, 0) is 13.0 Å². The van der Waals surface area contributed by atoms with Gasteiger partial charge < -0.3 is 5.32 Å². The van der Waals surface area contributed by atoms with E-state index in [1.54, 1.807) is 6.33 Å². The van der Waals surface area contributed by atoms with E-state index in [4.69, 9.17) is 0 Å². The van der Waals surface area contributed by atoms with Crippen LogP contribution in [-0.4, -0.2) is 41.0 Å². The zero-order valence-corrected chi connectivity index (χ0v) is 9.24. The van der Waals surface area contributed by atoms with E-state index in [0.29, 0.717) is 0 Å². The number of aromatic nitrogens is 2. The van der Waals surface area contributed by atoms with Crippen molar-refractivity contribution in [3.63, 3.8) is 0 Å². The van der Waals surface area contributed by atoms with E-state index in [1.165, 1.54) is 0 Å². The van der Waals surface area contributed by atoms with Crippen molar-refractivity contribution in [1.29, 1.82) is 0 Å². The molecule has 1 aliphatic rings. The summed E-state index contributed by atoms with van der Waals surface area (Å²) in [6, 6.07) is 2.11. The molecule has 0 saturated carbocycles. The highest BCUT2D eigenvalue weighted by Gasteiger charge is 2.10. The normalized spacial score (nSPS) is 17.9. The molecule has 0 spiro atoms. The maximum atomic E-state index is 4.31. The van der Waals surface area contributed by atoms with E-state index in [-0.39, 0.29) is 0 Å². The molecule has 4 nitrogen and oxygen atoms in total. The molecule has 1 aromatic heterocycles. The fraction of sp³-hybridized carbons (Fsp3) is 0.636. The zero-order chi connectivity index (χ0) is 10.5. The number of nitrogens with one attached hydrogen (secondary N) is 1. The molecule has 2 heterocycles. The number of nitrogens with zero attached hydrogens (tertiary/aromatic N) is 3. The number of hydrogen-bond donors (Lipinski definition) is 1. The third kappa shape index (κ3) is 2.97. The second kappa shape index (κ2) is 5.19. The number of rotatable bonds is 3. The van der Waals surface area contributed by atoms with Crippen molar-refractivity contribution in [2.75, 3.05) is 26.2 Å². The lowest BCUT2D eigenvalue weighted by molar-refractivity contribution is 0.230. The van der Waals surface area contributed by atoms with Crippen LogP contribution < -0.4 is 5.32 Å². The Morgan fingerprint density at radius 3 is 2.73 bits per heavy atom.